The van der Waals surface area contributed by atoms with Crippen molar-refractivity contribution in [3.63, 3.8) is 0 Å². The van der Waals surface area contributed by atoms with E-state index in [2.05, 4.69) is 17.9 Å². The third-order valence-electron chi connectivity index (χ3n) is 4.56. The largest absolute Gasteiger partial charge is 0.462 e. The van der Waals surface area contributed by atoms with Gasteiger partial charge in [0.05, 0.1) is 0 Å². The first-order chi connectivity index (χ1) is 16.3. The summed E-state index contributed by atoms with van der Waals surface area (Å²) in [7, 11) is 0. The van der Waals surface area contributed by atoms with Crippen LogP contribution in [0.25, 0.3) is 22.3 Å². The molecule has 3 rings (SSSR count). The Morgan fingerprint density at radius 2 is 1.41 bits per heavy atom. The molecule has 3 aromatic rings. The Hall–Kier alpha value is -4.52. The average Bonchev–Trinajstić information content (AvgIpc) is 2.82. The van der Waals surface area contributed by atoms with Crippen LogP contribution in [0.15, 0.2) is 98.0 Å². The zero-order chi connectivity index (χ0) is 24.7. The number of carbonyl (C=O) groups excluding carboxylic acids is 2. The molecule has 34 heavy (non-hydrogen) atoms. The van der Waals surface area contributed by atoms with Gasteiger partial charge in [0, 0.05) is 28.8 Å². The molecular weight excluding hydrogens is 442 g/mol. The van der Waals surface area contributed by atoms with Gasteiger partial charge in [0.15, 0.2) is 0 Å². The van der Waals surface area contributed by atoms with Crippen LogP contribution in [-0.4, -0.2) is 11.9 Å². The topological polar surface area (TPSA) is 61.8 Å². The number of rotatable bonds is 8. The minimum atomic E-state index is -0.658. The average molecular weight is 462 g/mol. The molecule has 0 aliphatic rings. The number of hydrogen-bond acceptors (Lipinski definition) is 5. The second-order valence-corrected chi connectivity index (χ2v) is 7.06. The van der Waals surface area contributed by atoms with E-state index in [1.807, 2.05) is 0 Å². The van der Waals surface area contributed by atoms with Gasteiger partial charge in [-0.15, -0.1) is 0 Å². The summed E-state index contributed by atoms with van der Waals surface area (Å²) < 4.78 is 44.4. The molecule has 0 radical (unpaired) electrons. The molecule has 5 nitrogen and oxygen atoms in total. The summed E-state index contributed by atoms with van der Waals surface area (Å²) in [6.07, 6.45) is 3.07. The van der Waals surface area contributed by atoms with Crippen LogP contribution in [-0.2, 0) is 14.3 Å². The van der Waals surface area contributed by atoms with Crippen molar-refractivity contribution >= 4 is 11.9 Å². The van der Waals surface area contributed by atoms with Crippen LogP contribution in [0.4, 0.5) is 8.78 Å². The molecule has 0 heterocycles. The number of esters is 2. The third kappa shape index (κ3) is 6.04. The van der Waals surface area contributed by atoms with E-state index in [0.29, 0.717) is 22.4 Å². The van der Waals surface area contributed by atoms with E-state index in [1.165, 1.54) is 25.1 Å². The van der Waals surface area contributed by atoms with Crippen molar-refractivity contribution in [3.8, 4) is 33.8 Å². The van der Waals surface area contributed by atoms with Gasteiger partial charge in [0.1, 0.15) is 35.7 Å². The second-order valence-electron chi connectivity index (χ2n) is 7.06. The van der Waals surface area contributed by atoms with Crippen LogP contribution in [0, 0.1) is 11.6 Å². The van der Waals surface area contributed by atoms with E-state index in [4.69, 9.17) is 9.47 Å². The lowest BCUT2D eigenvalue weighted by atomic mass is 9.99. The zero-order valence-corrected chi connectivity index (χ0v) is 18.2. The van der Waals surface area contributed by atoms with Gasteiger partial charge in [0.25, 0.3) is 0 Å². The van der Waals surface area contributed by atoms with E-state index in [0.717, 1.165) is 24.7 Å². The maximum Gasteiger partial charge on any atom is 0.338 e. The smallest absolute Gasteiger partial charge is 0.338 e. The molecule has 0 spiro atoms. The van der Waals surface area contributed by atoms with Gasteiger partial charge in [-0.25, -0.2) is 18.4 Å². The van der Waals surface area contributed by atoms with Crippen LogP contribution < -0.4 is 9.47 Å². The SMILES string of the molecule is C=CC(=O)O/C=C\Oc1ccc(-c2ccc(-c3ccc(OC(=O)C(=C)C)cc3)c(F)c2)c(F)c1. The van der Waals surface area contributed by atoms with Gasteiger partial charge >= 0.3 is 11.9 Å². The Kier molecular flexibility index (Phi) is 7.71. The maximum atomic E-state index is 14.8. The molecule has 7 heteroatoms. The summed E-state index contributed by atoms with van der Waals surface area (Å²) >= 11 is 0. The summed E-state index contributed by atoms with van der Waals surface area (Å²) in [5, 5.41) is 0. The molecule has 0 N–H and O–H groups in total. The fourth-order valence-electron chi connectivity index (χ4n) is 2.87. The second kappa shape index (κ2) is 10.9. The van der Waals surface area contributed by atoms with Crippen LogP contribution in [0.5, 0.6) is 11.5 Å². The minimum Gasteiger partial charge on any atom is -0.462 e. The number of ether oxygens (including phenoxy) is 3. The highest BCUT2D eigenvalue weighted by atomic mass is 19.1. The Morgan fingerprint density at radius 1 is 0.824 bits per heavy atom. The number of halogens is 2. The Bertz CT molecular complexity index is 1280. The summed E-state index contributed by atoms with van der Waals surface area (Å²) in [4.78, 5) is 22.5. The standard InChI is InChI=1S/C27H20F2O5/c1-4-26(30)33-14-13-32-21-10-12-23(25(29)16-21)19-7-11-22(24(28)15-19)18-5-8-20(9-6-18)34-27(31)17(2)3/h4-16H,1-2H2,3H3/b14-13-. The summed E-state index contributed by atoms with van der Waals surface area (Å²) in [5.41, 5.74) is 1.66. The van der Waals surface area contributed by atoms with Crippen molar-refractivity contribution in [2.75, 3.05) is 0 Å². The van der Waals surface area contributed by atoms with Crippen LogP contribution >= 0.6 is 0 Å². The lowest BCUT2D eigenvalue weighted by Crippen LogP contribution is -2.07. The Labute approximate surface area is 195 Å². The quantitative estimate of drug-likeness (QED) is 0.169. The summed E-state index contributed by atoms with van der Waals surface area (Å²) in [5.74, 6) is -1.90. The molecule has 0 atom stereocenters. The van der Waals surface area contributed by atoms with Crippen LogP contribution in [0.3, 0.4) is 0 Å². The van der Waals surface area contributed by atoms with Crippen molar-refractivity contribution in [3.05, 3.63) is 110 Å². The van der Waals surface area contributed by atoms with Crippen LogP contribution in [0.2, 0.25) is 0 Å². The van der Waals surface area contributed by atoms with E-state index >= 15 is 0 Å². The Balaban J connectivity index is 1.74. The van der Waals surface area contributed by atoms with Gasteiger partial charge in [0.2, 0.25) is 0 Å². The Morgan fingerprint density at radius 3 is 2.03 bits per heavy atom. The van der Waals surface area contributed by atoms with Crippen molar-refractivity contribution in [2.24, 2.45) is 0 Å². The molecule has 0 saturated heterocycles. The zero-order valence-electron chi connectivity index (χ0n) is 18.2. The van der Waals surface area contributed by atoms with E-state index in [9.17, 15) is 18.4 Å². The molecule has 0 amide bonds. The highest BCUT2D eigenvalue weighted by molar-refractivity contribution is 5.88. The van der Waals surface area contributed by atoms with Crippen molar-refractivity contribution in [2.45, 2.75) is 6.92 Å². The van der Waals surface area contributed by atoms with Crippen molar-refractivity contribution in [1.82, 2.24) is 0 Å². The van der Waals surface area contributed by atoms with Gasteiger partial charge in [-0.3, -0.25) is 0 Å². The number of benzene rings is 3. The first-order valence-electron chi connectivity index (χ1n) is 10.0. The molecule has 0 unspecified atom stereocenters. The predicted molar refractivity (Wildman–Crippen MR) is 124 cm³/mol. The van der Waals surface area contributed by atoms with Crippen molar-refractivity contribution in [1.29, 1.82) is 0 Å². The molecule has 0 aliphatic heterocycles. The van der Waals surface area contributed by atoms with Gasteiger partial charge < -0.3 is 14.2 Å². The van der Waals surface area contributed by atoms with Gasteiger partial charge in [-0.2, -0.15) is 0 Å². The molecule has 0 saturated carbocycles. The van der Waals surface area contributed by atoms with E-state index in [1.54, 1.807) is 36.4 Å². The minimum absolute atomic E-state index is 0.164. The van der Waals surface area contributed by atoms with Gasteiger partial charge in [-0.05, 0) is 48.4 Å². The number of carbonyl (C=O) groups is 2. The van der Waals surface area contributed by atoms with E-state index in [-0.39, 0.29) is 16.9 Å². The highest BCUT2D eigenvalue weighted by Gasteiger charge is 2.12. The highest BCUT2D eigenvalue weighted by Crippen LogP contribution is 2.31. The first-order valence-corrected chi connectivity index (χ1v) is 10.0. The molecule has 0 aliphatic carbocycles. The lowest BCUT2D eigenvalue weighted by molar-refractivity contribution is -0.132. The molecule has 0 bridgehead atoms. The molecule has 0 fully saturated rings. The van der Waals surface area contributed by atoms with E-state index < -0.39 is 23.6 Å². The lowest BCUT2D eigenvalue weighted by Gasteiger charge is -2.10. The molecular formula is C27H20F2O5. The maximum absolute atomic E-state index is 14.8. The summed E-state index contributed by atoms with van der Waals surface area (Å²) in [6, 6.07) is 14.8. The fourth-order valence-corrected chi connectivity index (χ4v) is 2.87. The number of hydrogen-bond donors (Lipinski definition) is 0. The van der Waals surface area contributed by atoms with Crippen LogP contribution in [0.1, 0.15) is 6.92 Å². The van der Waals surface area contributed by atoms with Crippen molar-refractivity contribution < 1.29 is 32.6 Å². The van der Waals surface area contributed by atoms with Gasteiger partial charge in [-0.1, -0.05) is 37.4 Å². The molecule has 3 aromatic carbocycles. The normalized spacial score (nSPS) is 10.6. The summed E-state index contributed by atoms with van der Waals surface area (Å²) in [6.45, 7) is 8.31. The third-order valence-corrected chi connectivity index (χ3v) is 4.56. The fraction of sp³-hybridized carbons (Fsp3) is 0.0370. The molecule has 172 valence electrons. The first kappa shape index (κ1) is 24.1. The molecule has 0 aromatic heterocycles. The predicted octanol–water partition coefficient (Wildman–Crippen LogP) is 6.36. The monoisotopic (exact) mass is 462 g/mol.